The van der Waals surface area contributed by atoms with Crippen LogP contribution in [-0.4, -0.2) is 47.0 Å². The first-order valence-corrected chi connectivity index (χ1v) is 9.45. The van der Waals surface area contributed by atoms with E-state index in [1.54, 1.807) is 6.07 Å². The number of piperidine rings is 1. The number of benzene rings is 1. The van der Waals surface area contributed by atoms with Crippen molar-refractivity contribution in [2.45, 2.75) is 45.7 Å². The van der Waals surface area contributed by atoms with Crippen LogP contribution in [0, 0.1) is 5.92 Å². The number of likely N-dealkylation sites (tertiary alicyclic amines) is 1. The number of hydrogen-bond acceptors (Lipinski definition) is 4. The zero-order valence-corrected chi connectivity index (χ0v) is 16.2. The minimum absolute atomic E-state index is 0.0472. The Kier molecular flexibility index (Phi) is 5.77. The van der Waals surface area contributed by atoms with Crippen LogP contribution < -0.4 is 0 Å². The second kappa shape index (κ2) is 8.04. The molecule has 3 rings (SSSR count). The molecule has 1 aliphatic heterocycles. The Morgan fingerprint density at radius 2 is 2.08 bits per heavy atom. The van der Waals surface area contributed by atoms with Gasteiger partial charge >= 0.3 is 0 Å². The van der Waals surface area contributed by atoms with E-state index in [0.29, 0.717) is 11.6 Å². The lowest BCUT2D eigenvalue weighted by Gasteiger charge is -2.41. The van der Waals surface area contributed by atoms with Crippen molar-refractivity contribution < 1.29 is 9.32 Å². The summed E-state index contributed by atoms with van der Waals surface area (Å²) in [4.78, 5) is 17.1. The molecule has 0 unspecified atom stereocenters. The molecule has 140 valence electrons. The normalized spacial score (nSPS) is 21.1. The average Bonchev–Trinajstić information content (AvgIpc) is 3.12. The van der Waals surface area contributed by atoms with E-state index in [4.69, 9.17) is 4.52 Å². The molecule has 0 radical (unpaired) electrons. The molecule has 1 aromatic carbocycles. The van der Waals surface area contributed by atoms with E-state index >= 15 is 0 Å². The summed E-state index contributed by atoms with van der Waals surface area (Å²) in [6, 6.07) is 12.6. The predicted molar refractivity (Wildman–Crippen MR) is 102 cm³/mol. The summed E-state index contributed by atoms with van der Waals surface area (Å²) in [5.41, 5.74) is 1.75. The summed E-state index contributed by atoms with van der Waals surface area (Å²) in [6.07, 6.45) is 0.977. The van der Waals surface area contributed by atoms with E-state index < -0.39 is 0 Å². The first-order valence-electron chi connectivity index (χ1n) is 9.45. The first kappa shape index (κ1) is 18.6. The highest BCUT2D eigenvalue weighted by atomic mass is 16.5. The third kappa shape index (κ3) is 4.15. The molecule has 5 heteroatoms. The van der Waals surface area contributed by atoms with Crippen molar-refractivity contribution in [3.05, 3.63) is 53.4 Å². The molecule has 0 bridgehead atoms. The van der Waals surface area contributed by atoms with Gasteiger partial charge in [-0.1, -0.05) is 56.3 Å². The van der Waals surface area contributed by atoms with Gasteiger partial charge in [0, 0.05) is 44.7 Å². The van der Waals surface area contributed by atoms with Crippen LogP contribution in [0.1, 0.15) is 54.9 Å². The molecule has 1 aromatic heterocycles. The maximum Gasteiger partial charge on any atom is 0.276 e. The fraction of sp³-hybridized carbons (Fsp3) is 0.524. The van der Waals surface area contributed by atoms with E-state index in [9.17, 15) is 4.79 Å². The Bertz CT molecular complexity index is 726. The van der Waals surface area contributed by atoms with Crippen molar-refractivity contribution in [1.82, 2.24) is 15.0 Å². The van der Waals surface area contributed by atoms with Gasteiger partial charge in [-0.05, 0) is 17.9 Å². The highest BCUT2D eigenvalue weighted by Crippen LogP contribution is 2.24. The lowest BCUT2D eigenvalue weighted by Crippen LogP contribution is -2.50. The zero-order chi connectivity index (χ0) is 18.7. The molecule has 5 nitrogen and oxygen atoms in total. The Balaban J connectivity index is 1.60. The van der Waals surface area contributed by atoms with Gasteiger partial charge in [-0.2, -0.15) is 0 Å². The molecule has 1 amide bonds. The molecule has 1 aliphatic rings. The standard InChI is InChI=1S/C21H29N3O2/c1-15(2)20-12-18(22-26-20)21(25)23(4)19-10-11-24(13-16(19)3)14-17-8-6-5-7-9-17/h5-9,12,15-16,19H,10-11,13-14H2,1-4H3/t16-,19-/m1/s1. The molecule has 2 atom stereocenters. The number of rotatable bonds is 5. The third-order valence-corrected chi connectivity index (χ3v) is 5.33. The van der Waals surface area contributed by atoms with Crippen LogP contribution in [0.15, 0.2) is 40.9 Å². The van der Waals surface area contributed by atoms with Gasteiger partial charge in [0.25, 0.3) is 5.91 Å². The second-order valence-electron chi connectivity index (χ2n) is 7.74. The largest absolute Gasteiger partial charge is 0.360 e. The Hall–Kier alpha value is -2.14. The SMILES string of the molecule is CC(C)c1cc(C(=O)N(C)[C@@H]2CCN(Cc3ccccc3)C[C@H]2C)no1. The number of nitrogens with zero attached hydrogens (tertiary/aromatic N) is 3. The van der Waals surface area contributed by atoms with Gasteiger partial charge in [-0.25, -0.2) is 0 Å². The lowest BCUT2D eigenvalue weighted by molar-refractivity contribution is 0.0489. The number of amides is 1. The molecule has 2 heterocycles. The molecular formula is C21H29N3O2. The van der Waals surface area contributed by atoms with Crippen molar-refractivity contribution in [2.75, 3.05) is 20.1 Å². The van der Waals surface area contributed by atoms with Crippen LogP contribution in [0.4, 0.5) is 0 Å². The van der Waals surface area contributed by atoms with E-state index in [2.05, 4.69) is 41.2 Å². The van der Waals surface area contributed by atoms with Crippen molar-refractivity contribution in [3.8, 4) is 0 Å². The fourth-order valence-electron chi connectivity index (χ4n) is 3.77. The summed E-state index contributed by atoms with van der Waals surface area (Å²) in [5, 5.41) is 3.97. The van der Waals surface area contributed by atoms with Gasteiger partial charge < -0.3 is 9.42 Å². The summed E-state index contributed by atoms with van der Waals surface area (Å²) in [7, 11) is 1.89. The molecular weight excluding hydrogens is 326 g/mol. The van der Waals surface area contributed by atoms with E-state index in [1.807, 2.05) is 31.9 Å². The quantitative estimate of drug-likeness (QED) is 0.819. The van der Waals surface area contributed by atoms with Gasteiger partial charge in [-0.15, -0.1) is 0 Å². The van der Waals surface area contributed by atoms with Gasteiger partial charge in [0.15, 0.2) is 5.69 Å². The number of hydrogen-bond donors (Lipinski definition) is 0. The second-order valence-corrected chi connectivity index (χ2v) is 7.74. The van der Waals surface area contributed by atoms with Crippen LogP contribution in [0.2, 0.25) is 0 Å². The van der Waals surface area contributed by atoms with Gasteiger partial charge in [-0.3, -0.25) is 9.69 Å². The summed E-state index contributed by atoms with van der Waals surface area (Å²) >= 11 is 0. The zero-order valence-electron chi connectivity index (χ0n) is 16.2. The molecule has 0 saturated carbocycles. The number of carbonyl (C=O) groups is 1. The minimum Gasteiger partial charge on any atom is -0.360 e. The van der Waals surface area contributed by atoms with Crippen molar-refractivity contribution in [2.24, 2.45) is 5.92 Å². The van der Waals surface area contributed by atoms with E-state index in [0.717, 1.165) is 31.8 Å². The highest BCUT2D eigenvalue weighted by Gasteiger charge is 2.32. The Morgan fingerprint density at radius 3 is 2.69 bits per heavy atom. The Morgan fingerprint density at radius 1 is 1.35 bits per heavy atom. The Labute approximate surface area is 156 Å². The van der Waals surface area contributed by atoms with Gasteiger partial charge in [0.1, 0.15) is 5.76 Å². The molecule has 1 fully saturated rings. The molecule has 0 aliphatic carbocycles. The van der Waals surface area contributed by atoms with Crippen LogP contribution in [-0.2, 0) is 6.54 Å². The predicted octanol–water partition coefficient (Wildman–Crippen LogP) is 3.78. The smallest absolute Gasteiger partial charge is 0.276 e. The van der Waals surface area contributed by atoms with Crippen LogP contribution in [0.25, 0.3) is 0 Å². The van der Waals surface area contributed by atoms with E-state index in [-0.39, 0.29) is 17.9 Å². The summed E-state index contributed by atoms with van der Waals surface area (Å²) in [5.74, 6) is 1.36. The topological polar surface area (TPSA) is 49.6 Å². The first-order chi connectivity index (χ1) is 12.5. The fourth-order valence-corrected chi connectivity index (χ4v) is 3.77. The van der Waals surface area contributed by atoms with Crippen molar-refractivity contribution >= 4 is 5.91 Å². The lowest BCUT2D eigenvalue weighted by atomic mass is 9.92. The van der Waals surface area contributed by atoms with E-state index in [1.165, 1.54) is 5.56 Å². The van der Waals surface area contributed by atoms with Crippen molar-refractivity contribution in [3.63, 3.8) is 0 Å². The third-order valence-electron chi connectivity index (χ3n) is 5.33. The highest BCUT2D eigenvalue weighted by molar-refractivity contribution is 5.92. The molecule has 26 heavy (non-hydrogen) atoms. The average molecular weight is 355 g/mol. The van der Waals surface area contributed by atoms with Crippen LogP contribution >= 0.6 is 0 Å². The summed E-state index contributed by atoms with van der Waals surface area (Å²) < 4.78 is 5.29. The van der Waals surface area contributed by atoms with Crippen LogP contribution in [0.5, 0.6) is 0 Å². The number of carbonyl (C=O) groups excluding carboxylic acids is 1. The van der Waals surface area contributed by atoms with Crippen molar-refractivity contribution in [1.29, 1.82) is 0 Å². The monoisotopic (exact) mass is 355 g/mol. The van der Waals surface area contributed by atoms with Gasteiger partial charge in [0.05, 0.1) is 0 Å². The minimum atomic E-state index is -0.0472. The maximum atomic E-state index is 12.8. The molecule has 0 N–H and O–H groups in total. The maximum absolute atomic E-state index is 12.8. The summed E-state index contributed by atoms with van der Waals surface area (Å²) in [6.45, 7) is 9.25. The number of aromatic nitrogens is 1. The molecule has 2 aromatic rings. The molecule has 0 spiro atoms. The van der Waals surface area contributed by atoms with Gasteiger partial charge in [0.2, 0.25) is 0 Å². The van der Waals surface area contributed by atoms with Crippen LogP contribution in [0.3, 0.4) is 0 Å². The molecule has 1 saturated heterocycles.